The van der Waals surface area contributed by atoms with Crippen LogP contribution in [0.5, 0.6) is 0 Å². The lowest BCUT2D eigenvalue weighted by atomic mass is 10.1. The predicted molar refractivity (Wildman–Crippen MR) is 62.1 cm³/mol. The Morgan fingerprint density at radius 1 is 1.17 bits per heavy atom. The van der Waals surface area contributed by atoms with Crippen molar-refractivity contribution in [3.8, 4) is 0 Å². The molecular weight excluding hydrogens is 239 g/mol. The fraction of sp³-hybridized carbons (Fsp3) is 0.0833. The molecule has 5 nitrogen and oxygen atoms in total. The van der Waals surface area contributed by atoms with Gasteiger partial charge in [0.05, 0.1) is 5.56 Å². The fourth-order valence-corrected chi connectivity index (χ4v) is 1.50. The molecule has 0 aliphatic carbocycles. The number of hydrogen-bond acceptors (Lipinski definition) is 3. The van der Waals surface area contributed by atoms with Crippen LogP contribution in [-0.4, -0.2) is 15.6 Å². The van der Waals surface area contributed by atoms with Crippen LogP contribution in [0.15, 0.2) is 46.0 Å². The molecule has 0 aliphatic heterocycles. The van der Waals surface area contributed by atoms with Gasteiger partial charge in [0, 0.05) is 12.1 Å². The molecule has 1 N–H and O–H groups in total. The Balaban J connectivity index is 2.33. The number of H-pyrrole nitrogens is 1. The number of halogens is 1. The van der Waals surface area contributed by atoms with Gasteiger partial charge in [-0.15, -0.1) is 0 Å². The van der Waals surface area contributed by atoms with Crippen LogP contribution in [0.4, 0.5) is 4.39 Å². The Morgan fingerprint density at radius 2 is 1.89 bits per heavy atom. The maximum Gasteiger partial charge on any atom is 0.265 e. The van der Waals surface area contributed by atoms with Crippen molar-refractivity contribution in [2.24, 2.45) is 0 Å². The molecule has 0 saturated heterocycles. The summed E-state index contributed by atoms with van der Waals surface area (Å²) in [6.07, 6.45) is 0. The number of carbonyl (C=O) groups is 1. The fourth-order valence-electron chi connectivity index (χ4n) is 1.50. The maximum absolute atomic E-state index is 13.3. The molecule has 0 aliphatic rings. The highest BCUT2D eigenvalue weighted by atomic mass is 19.1. The van der Waals surface area contributed by atoms with Gasteiger partial charge in [0.15, 0.2) is 5.78 Å². The summed E-state index contributed by atoms with van der Waals surface area (Å²) in [5.41, 5.74) is -1.15. The monoisotopic (exact) mass is 248 g/mol. The van der Waals surface area contributed by atoms with Crippen LogP contribution in [0, 0.1) is 5.82 Å². The lowest BCUT2D eigenvalue weighted by Crippen LogP contribution is -2.31. The maximum atomic E-state index is 13.3. The number of rotatable bonds is 3. The average Bonchev–Trinajstić information content (AvgIpc) is 2.34. The number of hydrogen-bond donors (Lipinski definition) is 1. The van der Waals surface area contributed by atoms with Gasteiger partial charge in [-0.25, -0.2) is 9.07 Å². The van der Waals surface area contributed by atoms with Gasteiger partial charge >= 0.3 is 0 Å². The number of aromatic amines is 1. The molecule has 6 heteroatoms. The molecule has 0 spiro atoms. The summed E-state index contributed by atoms with van der Waals surface area (Å²) >= 11 is 0. The first kappa shape index (κ1) is 12.0. The van der Waals surface area contributed by atoms with E-state index in [0.29, 0.717) is 0 Å². The largest absolute Gasteiger partial charge is 0.292 e. The van der Waals surface area contributed by atoms with Crippen LogP contribution in [-0.2, 0) is 6.54 Å². The minimum Gasteiger partial charge on any atom is -0.292 e. The lowest BCUT2D eigenvalue weighted by molar-refractivity contribution is 0.0961. The summed E-state index contributed by atoms with van der Waals surface area (Å²) in [5, 5.41) is 2.20. The standard InChI is InChI=1S/C12H9FN2O3/c13-9-4-2-1-3-8(9)10(16)7-15-12(18)6-5-11(17)14-15/h1-6H,7H2,(H,14,17). The molecule has 0 bridgehead atoms. The Kier molecular flexibility index (Phi) is 3.18. The predicted octanol–water partition coefficient (Wildman–Crippen LogP) is 0.559. The number of carbonyl (C=O) groups excluding carboxylic acids is 1. The van der Waals surface area contributed by atoms with E-state index in [1.54, 1.807) is 0 Å². The zero-order chi connectivity index (χ0) is 13.1. The highest BCUT2D eigenvalue weighted by Crippen LogP contribution is 2.07. The molecule has 2 rings (SSSR count). The second-order valence-corrected chi connectivity index (χ2v) is 3.64. The first-order valence-corrected chi connectivity index (χ1v) is 5.16. The van der Waals surface area contributed by atoms with Crippen LogP contribution in [0.2, 0.25) is 0 Å². The van der Waals surface area contributed by atoms with Gasteiger partial charge in [0.25, 0.3) is 11.1 Å². The smallest absolute Gasteiger partial charge is 0.265 e. The summed E-state index contributed by atoms with van der Waals surface area (Å²) in [4.78, 5) is 34.2. The molecule has 18 heavy (non-hydrogen) atoms. The molecule has 92 valence electrons. The second kappa shape index (κ2) is 4.79. The molecule has 0 atom stereocenters. The van der Waals surface area contributed by atoms with Gasteiger partial charge in [0.1, 0.15) is 12.4 Å². The third kappa shape index (κ3) is 2.42. The number of benzene rings is 1. The number of aromatic nitrogens is 2. The van der Waals surface area contributed by atoms with E-state index < -0.39 is 29.3 Å². The van der Waals surface area contributed by atoms with Crippen LogP contribution < -0.4 is 11.1 Å². The van der Waals surface area contributed by atoms with Crippen molar-refractivity contribution in [3.05, 3.63) is 68.5 Å². The van der Waals surface area contributed by atoms with Gasteiger partial charge in [0.2, 0.25) is 0 Å². The summed E-state index contributed by atoms with van der Waals surface area (Å²) < 4.78 is 14.2. The Labute approximate surface area is 100 Å². The van der Waals surface area contributed by atoms with Crippen LogP contribution in [0.3, 0.4) is 0 Å². The van der Waals surface area contributed by atoms with E-state index in [4.69, 9.17) is 0 Å². The van der Waals surface area contributed by atoms with Crippen LogP contribution in [0.25, 0.3) is 0 Å². The number of Topliss-reactive ketones (excluding diaryl/α,β-unsaturated/α-hetero) is 1. The highest BCUT2D eigenvalue weighted by molar-refractivity contribution is 5.96. The number of nitrogens with one attached hydrogen (secondary N) is 1. The van der Waals surface area contributed by atoms with Gasteiger partial charge < -0.3 is 0 Å². The van der Waals surface area contributed by atoms with Crippen molar-refractivity contribution in [3.63, 3.8) is 0 Å². The molecule has 0 saturated carbocycles. The van der Waals surface area contributed by atoms with E-state index in [9.17, 15) is 18.8 Å². The van der Waals surface area contributed by atoms with Gasteiger partial charge in [-0.3, -0.25) is 19.5 Å². The van der Waals surface area contributed by atoms with Crippen molar-refractivity contribution < 1.29 is 9.18 Å². The zero-order valence-electron chi connectivity index (χ0n) is 9.22. The second-order valence-electron chi connectivity index (χ2n) is 3.64. The number of nitrogens with zero attached hydrogens (tertiary/aromatic N) is 1. The Hall–Kier alpha value is -2.50. The average molecular weight is 248 g/mol. The minimum atomic E-state index is -0.658. The van der Waals surface area contributed by atoms with E-state index in [1.165, 1.54) is 18.2 Å². The van der Waals surface area contributed by atoms with Crippen LogP contribution >= 0.6 is 0 Å². The van der Waals surface area contributed by atoms with E-state index in [2.05, 4.69) is 5.10 Å². The van der Waals surface area contributed by atoms with E-state index in [1.807, 2.05) is 0 Å². The van der Waals surface area contributed by atoms with Gasteiger partial charge in [-0.1, -0.05) is 12.1 Å². The van der Waals surface area contributed by atoms with Crippen molar-refractivity contribution in [2.75, 3.05) is 0 Å². The molecule has 1 heterocycles. The molecule has 0 fully saturated rings. The van der Waals surface area contributed by atoms with Crippen molar-refractivity contribution in [2.45, 2.75) is 6.54 Å². The summed E-state index contributed by atoms with van der Waals surface area (Å²) in [7, 11) is 0. The first-order chi connectivity index (χ1) is 8.58. The highest BCUT2D eigenvalue weighted by Gasteiger charge is 2.12. The molecule has 0 radical (unpaired) electrons. The zero-order valence-corrected chi connectivity index (χ0v) is 9.22. The molecular formula is C12H9FN2O3. The number of ketones is 1. The summed E-state index contributed by atoms with van der Waals surface area (Å²) in [6, 6.07) is 7.57. The lowest BCUT2D eigenvalue weighted by Gasteiger charge is -2.04. The Morgan fingerprint density at radius 3 is 2.61 bits per heavy atom. The molecule has 1 aromatic heterocycles. The van der Waals surface area contributed by atoms with Gasteiger partial charge in [-0.05, 0) is 12.1 Å². The van der Waals surface area contributed by atoms with E-state index >= 15 is 0 Å². The quantitative estimate of drug-likeness (QED) is 0.806. The SMILES string of the molecule is O=C(Cn1[nH]c(=O)ccc1=O)c1ccccc1F. The summed E-state index contributed by atoms with van der Waals surface area (Å²) in [6.45, 7) is -0.407. The third-order valence-corrected chi connectivity index (χ3v) is 2.36. The molecule has 0 unspecified atom stereocenters. The Bertz CT molecular complexity index is 703. The van der Waals surface area contributed by atoms with Crippen molar-refractivity contribution in [1.82, 2.24) is 9.78 Å². The normalized spacial score (nSPS) is 10.3. The van der Waals surface area contributed by atoms with E-state index in [0.717, 1.165) is 22.9 Å². The van der Waals surface area contributed by atoms with Gasteiger partial charge in [-0.2, -0.15) is 0 Å². The first-order valence-electron chi connectivity index (χ1n) is 5.16. The van der Waals surface area contributed by atoms with Crippen molar-refractivity contribution in [1.29, 1.82) is 0 Å². The topological polar surface area (TPSA) is 71.9 Å². The molecule has 2 aromatic rings. The van der Waals surface area contributed by atoms with Crippen molar-refractivity contribution >= 4 is 5.78 Å². The third-order valence-electron chi connectivity index (χ3n) is 2.36. The van der Waals surface area contributed by atoms with Crippen LogP contribution in [0.1, 0.15) is 10.4 Å². The molecule has 0 amide bonds. The molecule has 1 aromatic carbocycles. The summed E-state index contributed by atoms with van der Waals surface area (Å²) in [5.74, 6) is -1.24. The van der Waals surface area contributed by atoms with E-state index in [-0.39, 0.29) is 5.56 Å². The minimum absolute atomic E-state index is 0.117.